The van der Waals surface area contributed by atoms with E-state index in [9.17, 15) is 4.79 Å². The normalized spacial score (nSPS) is 12.9. The van der Waals surface area contributed by atoms with Gasteiger partial charge in [0.25, 0.3) is 0 Å². The number of hydrogen-bond acceptors (Lipinski definition) is 5. The van der Waals surface area contributed by atoms with Gasteiger partial charge in [-0.3, -0.25) is 4.79 Å². The maximum Gasteiger partial charge on any atom is 0.318 e. The van der Waals surface area contributed by atoms with Crippen LogP contribution in [0.4, 0.5) is 0 Å². The number of ether oxygens (including phenoxy) is 2. The van der Waals surface area contributed by atoms with Crippen LogP contribution in [0, 0.1) is 6.92 Å². The van der Waals surface area contributed by atoms with Crippen LogP contribution >= 0.6 is 11.3 Å². The summed E-state index contributed by atoms with van der Waals surface area (Å²) < 4.78 is 11.4. The van der Waals surface area contributed by atoms with E-state index in [2.05, 4.69) is 4.98 Å². The molecular weight excluding hydrogens is 322 g/mol. The number of carbonyl (C=O) groups excluding carboxylic acids is 1. The smallest absolute Gasteiger partial charge is 0.318 e. The van der Waals surface area contributed by atoms with Crippen molar-refractivity contribution >= 4 is 17.3 Å². The molecule has 1 aliphatic heterocycles. The number of aromatic nitrogens is 1. The summed E-state index contributed by atoms with van der Waals surface area (Å²) in [6.45, 7) is 2.12. The third-order valence-electron chi connectivity index (χ3n) is 3.94. The number of carbonyl (C=O) groups is 1. The quantitative estimate of drug-likeness (QED) is 0.663. The molecule has 2 heterocycles. The number of rotatable bonds is 3. The van der Waals surface area contributed by atoms with E-state index in [0.717, 1.165) is 21.8 Å². The zero-order chi connectivity index (χ0) is 16.5. The number of thiazole rings is 1. The van der Waals surface area contributed by atoms with Crippen molar-refractivity contribution in [3.8, 4) is 11.5 Å². The number of aryl methyl sites for hydroxylation is 1. The maximum atomic E-state index is 12.8. The van der Waals surface area contributed by atoms with E-state index in [-0.39, 0.29) is 12.6 Å². The van der Waals surface area contributed by atoms with Crippen molar-refractivity contribution in [3.05, 3.63) is 75.7 Å². The first-order valence-corrected chi connectivity index (χ1v) is 8.53. The third-order valence-corrected chi connectivity index (χ3v) is 4.77. The average Bonchev–Trinajstić information content (AvgIpc) is 3.03. The third kappa shape index (κ3) is 2.67. The predicted molar refractivity (Wildman–Crippen MR) is 91.4 cm³/mol. The minimum Gasteiger partial charge on any atom is -0.458 e. The van der Waals surface area contributed by atoms with Crippen molar-refractivity contribution in [3.63, 3.8) is 0 Å². The molecule has 4 nitrogen and oxygen atoms in total. The molecule has 2 aromatic carbocycles. The molecule has 0 fully saturated rings. The van der Waals surface area contributed by atoms with Crippen LogP contribution in [-0.2, 0) is 16.1 Å². The van der Waals surface area contributed by atoms with Gasteiger partial charge in [0.15, 0.2) is 0 Å². The zero-order valence-corrected chi connectivity index (χ0v) is 13.9. The van der Waals surface area contributed by atoms with Gasteiger partial charge in [0.1, 0.15) is 24.0 Å². The van der Waals surface area contributed by atoms with Gasteiger partial charge in [-0.25, -0.2) is 4.98 Å². The molecule has 0 aliphatic carbocycles. The minimum absolute atomic E-state index is 0.185. The van der Waals surface area contributed by atoms with Gasteiger partial charge in [0.2, 0.25) is 0 Å². The standard InChI is InChI=1S/C19H15NO3S/c1-12-20-13(11-24-12)10-22-19(21)18-14-6-2-4-8-16(14)23-17-9-5-3-7-15(17)18/h2-9,11,18H,10H2,1H3. The Bertz CT molecular complexity index is 857. The van der Waals surface area contributed by atoms with Crippen LogP contribution in [0.25, 0.3) is 0 Å². The summed E-state index contributed by atoms with van der Waals surface area (Å²) in [4.78, 5) is 17.1. The summed E-state index contributed by atoms with van der Waals surface area (Å²) in [5.41, 5.74) is 2.44. The first-order valence-electron chi connectivity index (χ1n) is 7.66. The summed E-state index contributed by atoms with van der Waals surface area (Å²) in [5.74, 6) is 0.625. The van der Waals surface area contributed by atoms with E-state index in [1.54, 1.807) is 11.3 Å². The summed E-state index contributed by atoms with van der Waals surface area (Å²) in [6, 6.07) is 15.2. The fourth-order valence-electron chi connectivity index (χ4n) is 2.87. The van der Waals surface area contributed by atoms with Crippen LogP contribution in [-0.4, -0.2) is 11.0 Å². The molecule has 0 amide bonds. The molecule has 0 saturated carbocycles. The average molecular weight is 337 g/mol. The molecular formula is C19H15NO3S. The van der Waals surface area contributed by atoms with Gasteiger partial charge in [-0.2, -0.15) is 0 Å². The predicted octanol–water partition coefficient (Wildman–Crippen LogP) is 4.43. The highest BCUT2D eigenvalue weighted by atomic mass is 32.1. The molecule has 1 aromatic heterocycles. The highest BCUT2D eigenvalue weighted by Gasteiger charge is 2.33. The van der Waals surface area contributed by atoms with Crippen LogP contribution in [0.15, 0.2) is 53.9 Å². The molecule has 120 valence electrons. The summed E-state index contributed by atoms with van der Waals surface area (Å²) in [5, 5.41) is 2.87. The first kappa shape index (κ1) is 14.9. The highest BCUT2D eigenvalue weighted by Crippen LogP contribution is 2.44. The molecule has 0 saturated heterocycles. The second kappa shape index (κ2) is 6.09. The number of hydrogen-bond donors (Lipinski definition) is 0. The van der Waals surface area contributed by atoms with Crippen molar-refractivity contribution in [1.29, 1.82) is 0 Å². The lowest BCUT2D eigenvalue weighted by atomic mass is 9.88. The Morgan fingerprint density at radius 1 is 1.12 bits per heavy atom. The van der Waals surface area contributed by atoms with E-state index < -0.39 is 5.92 Å². The van der Waals surface area contributed by atoms with E-state index in [1.807, 2.05) is 60.8 Å². The molecule has 0 spiro atoms. The minimum atomic E-state index is -0.481. The van der Waals surface area contributed by atoms with Crippen LogP contribution < -0.4 is 4.74 Å². The lowest BCUT2D eigenvalue weighted by Gasteiger charge is -2.26. The molecule has 4 rings (SSSR count). The fourth-order valence-corrected chi connectivity index (χ4v) is 3.46. The lowest BCUT2D eigenvalue weighted by Crippen LogP contribution is -2.21. The van der Waals surface area contributed by atoms with Crippen molar-refractivity contribution in [1.82, 2.24) is 4.98 Å². The van der Waals surface area contributed by atoms with Crippen LogP contribution in [0.5, 0.6) is 11.5 Å². The van der Waals surface area contributed by atoms with Crippen LogP contribution in [0.3, 0.4) is 0 Å². The zero-order valence-electron chi connectivity index (χ0n) is 13.1. The second-order valence-electron chi connectivity index (χ2n) is 5.58. The van der Waals surface area contributed by atoms with Crippen molar-refractivity contribution in [2.24, 2.45) is 0 Å². The van der Waals surface area contributed by atoms with Gasteiger partial charge in [-0.05, 0) is 19.1 Å². The topological polar surface area (TPSA) is 48.4 Å². The molecule has 0 atom stereocenters. The van der Waals surface area contributed by atoms with Gasteiger partial charge >= 0.3 is 5.97 Å². The van der Waals surface area contributed by atoms with Gasteiger partial charge in [0, 0.05) is 16.5 Å². The number of fused-ring (bicyclic) bond motifs is 2. The molecule has 0 radical (unpaired) electrons. The Kier molecular flexibility index (Phi) is 3.78. The molecule has 5 heteroatoms. The largest absolute Gasteiger partial charge is 0.458 e. The molecule has 0 unspecified atom stereocenters. The molecule has 24 heavy (non-hydrogen) atoms. The Balaban J connectivity index is 1.65. The number of esters is 1. The van der Waals surface area contributed by atoms with Crippen molar-refractivity contribution < 1.29 is 14.3 Å². The Morgan fingerprint density at radius 2 is 1.75 bits per heavy atom. The Hall–Kier alpha value is -2.66. The molecule has 0 bridgehead atoms. The fraction of sp³-hybridized carbons (Fsp3) is 0.158. The molecule has 0 N–H and O–H groups in total. The summed E-state index contributed by atoms with van der Waals surface area (Å²) >= 11 is 1.55. The van der Waals surface area contributed by atoms with Gasteiger partial charge < -0.3 is 9.47 Å². The summed E-state index contributed by atoms with van der Waals surface area (Å²) in [6.07, 6.45) is 0. The number of benzene rings is 2. The summed E-state index contributed by atoms with van der Waals surface area (Å²) in [7, 11) is 0. The van der Waals surface area contributed by atoms with Crippen molar-refractivity contribution in [2.75, 3.05) is 0 Å². The molecule has 1 aliphatic rings. The monoisotopic (exact) mass is 337 g/mol. The highest BCUT2D eigenvalue weighted by molar-refractivity contribution is 7.09. The van der Waals surface area contributed by atoms with Gasteiger partial charge in [0.05, 0.1) is 10.7 Å². The van der Waals surface area contributed by atoms with Crippen LogP contribution in [0.1, 0.15) is 27.7 Å². The van der Waals surface area contributed by atoms with Crippen LogP contribution in [0.2, 0.25) is 0 Å². The SMILES string of the molecule is Cc1nc(COC(=O)C2c3ccccc3Oc3ccccc32)cs1. The number of nitrogens with zero attached hydrogens (tertiary/aromatic N) is 1. The maximum absolute atomic E-state index is 12.8. The second-order valence-corrected chi connectivity index (χ2v) is 6.64. The van der Waals surface area contributed by atoms with E-state index in [4.69, 9.17) is 9.47 Å². The van der Waals surface area contributed by atoms with Crippen molar-refractivity contribution in [2.45, 2.75) is 19.4 Å². The Labute approximate surface area is 143 Å². The van der Waals surface area contributed by atoms with E-state index in [0.29, 0.717) is 11.5 Å². The molecule has 3 aromatic rings. The van der Waals surface area contributed by atoms with E-state index >= 15 is 0 Å². The van der Waals surface area contributed by atoms with Gasteiger partial charge in [-0.1, -0.05) is 36.4 Å². The first-order chi connectivity index (χ1) is 11.7. The Morgan fingerprint density at radius 3 is 2.33 bits per heavy atom. The lowest BCUT2D eigenvalue weighted by molar-refractivity contribution is -0.146. The number of para-hydroxylation sites is 2. The van der Waals surface area contributed by atoms with E-state index in [1.165, 1.54) is 0 Å². The van der Waals surface area contributed by atoms with Gasteiger partial charge in [-0.15, -0.1) is 11.3 Å².